The standard InChI is InChI=1S/C30H37N3O3/c1-21(2)23-12-10-22(11-13-23)20-33-19-16-31-27(33)24-14-17-32(18-15-24)28(34)25-8-6-7-9-26(25)29(35)36-30(3,4)5/h6-13,16,19,21,24H,14-15,17-18,20H2,1-5H3. The molecule has 190 valence electrons. The Morgan fingerprint density at radius 3 is 2.25 bits per heavy atom. The monoisotopic (exact) mass is 487 g/mol. The molecule has 36 heavy (non-hydrogen) atoms. The maximum Gasteiger partial charge on any atom is 0.339 e. The molecular formula is C30H37N3O3. The first-order valence-electron chi connectivity index (χ1n) is 12.8. The first-order valence-corrected chi connectivity index (χ1v) is 12.8. The average Bonchev–Trinajstić information content (AvgIpc) is 3.31. The topological polar surface area (TPSA) is 64.4 Å². The summed E-state index contributed by atoms with van der Waals surface area (Å²) in [7, 11) is 0. The molecule has 0 radical (unpaired) electrons. The van der Waals surface area contributed by atoms with Crippen molar-refractivity contribution in [2.75, 3.05) is 13.1 Å². The minimum atomic E-state index is -0.621. The maximum atomic E-state index is 13.4. The molecule has 0 N–H and O–H groups in total. The summed E-state index contributed by atoms with van der Waals surface area (Å²) in [5.41, 5.74) is 2.69. The average molecular weight is 488 g/mol. The van der Waals surface area contributed by atoms with Gasteiger partial charge in [-0.15, -0.1) is 0 Å². The Bertz CT molecular complexity index is 1200. The van der Waals surface area contributed by atoms with Crippen LogP contribution in [0.5, 0.6) is 0 Å². The van der Waals surface area contributed by atoms with Gasteiger partial charge in [0.25, 0.3) is 5.91 Å². The SMILES string of the molecule is CC(C)c1ccc(Cn2ccnc2C2CCN(C(=O)c3ccccc3C(=O)OC(C)(C)C)CC2)cc1. The Kier molecular flexibility index (Phi) is 7.62. The van der Waals surface area contributed by atoms with Gasteiger partial charge < -0.3 is 14.2 Å². The third kappa shape index (κ3) is 6.04. The van der Waals surface area contributed by atoms with Crippen molar-refractivity contribution in [1.82, 2.24) is 14.5 Å². The van der Waals surface area contributed by atoms with Gasteiger partial charge in [-0.3, -0.25) is 4.79 Å². The van der Waals surface area contributed by atoms with Crippen molar-refractivity contribution in [2.45, 2.75) is 71.4 Å². The van der Waals surface area contributed by atoms with Crippen LogP contribution in [-0.4, -0.2) is 45.0 Å². The van der Waals surface area contributed by atoms with E-state index in [2.05, 4.69) is 47.7 Å². The van der Waals surface area contributed by atoms with Crippen LogP contribution in [0.3, 0.4) is 0 Å². The lowest BCUT2D eigenvalue weighted by molar-refractivity contribution is 0.00664. The minimum Gasteiger partial charge on any atom is -0.456 e. The van der Waals surface area contributed by atoms with Crippen LogP contribution in [0.15, 0.2) is 60.9 Å². The quantitative estimate of drug-likeness (QED) is 0.398. The number of aromatic nitrogens is 2. The highest BCUT2D eigenvalue weighted by molar-refractivity contribution is 6.05. The zero-order chi connectivity index (χ0) is 25.9. The molecule has 0 atom stereocenters. The Hall–Kier alpha value is -3.41. The molecule has 6 heteroatoms. The van der Waals surface area contributed by atoms with Crippen LogP contribution >= 0.6 is 0 Å². The van der Waals surface area contributed by atoms with Crippen molar-refractivity contribution in [3.8, 4) is 0 Å². The minimum absolute atomic E-state index is 0.122. The predicted octanol–water partition coefficient (Wildman–Crippen LogP) is 6.03. The number of imidazole rings is 1. The number of hydrogen-bond acceptors (Lipinski definition) is 4. The van der Waals surface area contributed by atoms with Gasteiger partial charge in [0, 0.05) is 37.9 Å². The van der Waals surface area contributed by atoms with Crippen molar-refractivity contribution in [1.29, 1.82) is 0 Å². The van der Waals surface area contributed by atoms with Crippen LogP contribution in [-0.2, 0) is 11.3 Å². The summed E-state index contributed by atoms with van der Waals surface area (Å²) in [4.78, 5) is 32.6. The van der Waals surface area contributed by atoms with Crippen molar-refractivity contribution >= 4 is 11.9 Å². The largest absolute Gasteiger partial charge is 0.456 e. The Labute approximate surface area is 214 Å². The van der Waals surface area contributed by atoms with Crippen molar-refractivity contribution in [2.24, 2.45) is 0 Å². The van der Waals surface area contributed by atoms with E-state index in [0.717, 1.165) is 25.2 Å². The smallest absolute Gasteiger partial charge is 0.339 e. The molecule has 0 saturated carbocycles. The third-order valence-corrected chi connectivity index (χ3v) is 6.67. The highest BCUT2D eigenvalue weighted by atomic mass is 16.6. The van der Waals surface area contributed by atoms with Crippen molar-refractivity contribution < 1.29 is 14.3 Å². The summed E-state index contributed by atoms with van der Waals surface area (Å²) in [6.45, 7) is 11.9. The molecule has 2 heterocycles. The Balaban J connectivity index is 1.41. The highest BCUT2D eigenvalue weighted by Crippen LogP contribution is 2.29. The zero-order valence-corrected chi connectivity index (χ0v) is 22.0. The number of carbonyl (C=O) groups is 2. The van der Waals surface area contributed by atoms with Crippen molar-refractivity contribution in [3.63, 3.8) is 0 Å². The fourth-order valence-electron chi connectivity index (χ4n) is 4.71. The van der Waals surface area contributed by atoms with Gasteiger partial charge >= 0.3 is 5.97 Å². The van der Waals surface area contributed by atoms with Gasteiger partial charge in [-0.05, 0) is 62.8 Å². The number of benzene rings is 2. The fourth-order valence-corrected chi connectivity index (χ4v) is 4.71. The first-order chi connectivity index (χ1) is 17.1. The molecule has 1 saturated heterocycles. The lowest BCUT2D eigenvalue weighted by atomic mass is 9.94. The van der Waals surface area contributed by atoms with Gasteiger partial charge in [0.15, 0.2) is 0 Å². The Morgan fingerprint density at radius 2 is 1.64 bits per heavy atom. The van der Waals surface area contributed by atoms with E-state index in [0.29, 0.717) is 36.1 Å². The molecular weight excluding hydrogens is 450 g/mol. The van der Waals surface area contributed by atoms with E-state index in [4.69, 9.17) is 4.74 Å². The molecule has 2 aromatic carbocycles. The van der Waals surface area contributed by atoms with Crippen LogP contribution in [0.1, 0.15) is 97.0 Å². The molecule has 1 amide bonds. The highest BCUT2D eigenvalue weighted by Gasteiger charge is 2.30. The fraction of sp³-hybridized carbons (Fsp3) is 0.433. The van der Waals surface area contributed by atoms with E-state index in [1.807, 2.05) is 38.1 Å². The molecule has 1 aliphatic rings. The number of nitrogens with zero attached hydrogens (tertiary/aromatic N) is 3. The second kappa shape index (κ2) is 10.7. The summed E-state index contributed by atoms with van der Waals surface area (Å²) in [6, 6.07) is 15.7. The van der Waals surface area contributed by atoms with Gasteiger partial charge in [0.05, 0.1) is 11.1 Å². The molecule has 1 aromatic heterocycles. The third-order valence-electron chi connectivity index (χ3n) is 6.67. The normalized spacial score (nSPS) is 14.8. The molecule has 1 fully saturated rings. The lowest BCUT2D eigenvalue weighted by Crippen LogP contribution is -2.39. The second-order valence-corrected chi connectivity index (χ2v) is 10.9. The molecule has 1 aliphatic heterocycles. The number of hydrogen-bond donors (Lipinski definition) is 0. The van der Waals surface area contributed by atoms with Crippen LogP contribution in [0.25, 0.3) is 0 Å². The maximum absolute atomic E-state index is 13.4. The number of piperidine rings is 1. The summed E-state index contributed by atoms with van der Waals surface area (Å²) in [5, 5.41) is 0. The van der Waals surface area contributed by atoms with Gasteiger partial charge in [0.1, 0.15) is 11.4 Å². The van der Waals surface area contributed by atoms with Crippen LogP contribution in [0.4, 0.5) is 0 Å². The van der Waals surface area contributed by atoms with Gasteiger partial charge in [-0.2, -0.15) is 0 Å². The molecule has 0 aliphatic carbocycles. The van der Waals surface area contributed by atoms with Crippen LogP contribution in [0, 0.1) is 0 Å². The van der Waals surface area contributed by atoms with E-state index in [9.17, 15) is 9.59 Å². The second-order valence-electron chi connectivity index (χ2n) is 10.9. The van der Waals surface area contributed by atoms with E-state index < -0.39 is 11.6 Å². The molecule has 0 bridgehead atoms. The number of carbonyl (C=O) groups excluding carboxylic acids is 2. The summed E-state index contributed by atoms with van der Waals surface area (Å²) in [5.74, 6) is 1.30. The van der Waals surface area contributed by atoms with Gasteiger partial charge in [-0.25, -0.2) is 9.78 Å². The van der Waals surface area contributed by atoms with Crippen LogP contribution in [0.2, 0.25) is 0 Å². The van der Waals surface area contributed by atoms with Crippen LogP contribution < -0.4 is 0 Å². The molecule has 6 nitrogen and oxygen atoms in total. The number of esters is 1. The van der Waals surface area contributed by atoms with E-state index in [-0.39, 0.29) is 5.91 Å². The molecule has 0 spiro atoms. The lowest BCUT2D eigenvalue weighted by Gasteiger charge is -2.32. The predicted molar refractivity (Wildman–Crippen MR) is 141 cm³/mol. The van der Waals surface area contributed by atoms with E-state index in [1.165, 1.54) is 11.1 Å². The number of likely N-dealkylation sites (tertiary alicyclic amines) is 1. The zero-order valence-electron chi connectivity index (χ0n) is 22.0. The molecule has 4 rings (SSSR count). The summed E-state index contributed by atoms with van der Waals surface area (Å²) >= 11 is 0. The number of ether oxygens (including phenoxy) is 1. The van der Waals surface area contributed by atoms with Gasteiger partial charge in [0.2, 0.25) is 0 Å². The van der Waals surface area contributed by atoms with Crippen molar-refractivity contribution in [3.05, 3.63) is 89.0 Å². The molecule has 3 aromatic rings. The summed E-state index contributed by atoms with van der Waals surface area (Å²) < 4.78 is 7.75. The summed E-state index contributed by atoms with van der Waals surface area (Å²) in [6.07, 6.45) is 5.58. The number of amides is 1. The molecule has 0 unspecified atom stereocenters. The number of rotatable bonds is 6. The van der Waals surface area contributed by atoms with E-state index in [1.54, 1.807) is 24.3 Å². The Morgan fingerprint density at radius 1 is 1.00 bits per heavy atom. The first kappa shape index (κ1) is 25.7. The van der Waals surface area contributed by atoms with Gasteiger partial charge in [-0.1, -0.05) is 50.2 Å². The van der Waals surface area contributed by atoms with E-state index >= 15 is 0 Å².